The maximum Gasteiger partial charge on any atom is 0.248 e. The van der Waals surface area contributed by atoms with Gasteiger partial charge in [-0.1, -0.05) is 13.8 Å². The van der Waals surface area contributed by atoms with Crippen LogP contribution in [0.2, 0.25) is 0 Å². The first-order valence-corrected chi connectivity index (χ1v) is 8.90. The van der Waals surface area contributed by atoms with Crippen LogP contribution in [0.15, 0.2) is 0 Å². The number of nitrogens with zero attached hydrogens (tertiary/aromatic N) is 2. The van der Waals surface area contributed by atoms with Crippen LogP contribution in [0.1, 0.15) is 46.0 Å². The quantitative estimate of drug-likeness (QED) is 0.770. The molecular weight excluding hydrogens is 296 g/mol. The number of ether oxygens (including phenoxy) is 2. The molecule has 0 aromatic heterocycles. The first kappa shape index (κ1) is 16.7. The predicted molar refractivity (Wildman–Crippen MR) is 84.6 cm³/mol. The van der Waals surface area contributed by atoms with Crippen LogP contribution in [-0.2, 0) is 19.1 Å². The molecular formula is C17H28N2O4. The second-order valence-electron chi connectivity index (χ2n) is 7.01. The zero-order chi connectivity index (χ0) is 16.4. The van der Waals surface area contributed by atoms with Gasteiger partial charge < -0.3 is 14.4 Å². The van der Waals surface area contributed by atoms with Gasteiger partial charge in [-0.25, -0.2) is 0 Å². The van der Waals surface area contributed by atoms with Gasteiger partial charge in [0.05, 0.1) is 19.8 Å². The molecule has 6 heteroatoms. The lowest BCUT2D eigenvalue weighted by molar-refractivity contribution is -0.163. The molecule has 2 heterocycles. The Hall–Kier alpha value is -1.14. The van der Waals surface area contributed by atoms with E-state index < -0.39 is 11.8 Å². The minimum absolute atomic E-state index is 0.0191. The van der Waals surface area contributed by atoms with Crippen molar-refractivity contribution in [2.24, 2.45) is 5.92 Å². The van der Waals surface area contributed by atoms with Crippen molar-refractivity contribution < 1.29 is 19.1 Å². The van der Waals surface area contributed by atoms with E-state index in [0.717, 1.165) is 25.7 Å². The summed E-state index contributed by atoms with van der Waals surface area (Å²) in [6, 6.07) is -0.464. The number of carbonyl (C=O) groups is 2. The summed E-state index contributed by atoms with van der Waals surface area (Å²) in [7, 11) is 0. The van der Waals surface area contributed by atoms with Crippen LogP contribution in [0.3, 0.4) is 0 Å². The minimum atomic E-state index is -0.549. The monoisotopic (exact) mass is 324 g/mol. The fourth-order valence-electron chi connectivity index (χ4n) is 4.01. The summed E-state index contributed by atoms with van der Waals surface area (Å²) in [5.41, 5.74) is -0.549. The molecule has 2 saturated heterocycles. The Morgan fingerprint density at radius 1 is 1.17 bits per heavy atom. The SMILES string of the molecule is CCC(=O)N1C(C(=O)N2CCOCC2)COC12CCC(C)CC2. The molecule has 1 atom stereocenters. The van der Waals surface area contributed by atoms with E-state index in [1.54, 1.807) is 4.90 Å². The third kappa shape index (κ3) is 3.11. The van der Waals surface area contributed by atoms with Crippen molar-refractivity contribution in [1.29, 1.82) is 0 Å². The van der Waals surface area contributed by atoms with E-state index in [0.29, 0.717) is 45.2 Å². The van der Waals surface area contributed by atoms with Crippen LogP contribution in [0.5, 0.6) is 0 Å². The molecule has 0 aromatic carbocycles. The first-order valence-electron chi connectivity index (χ1n) is 8.90. The zero-order valence-corrected chi connectivity index (χ0v) is 14.3. The molecule has 2 aliphatic heterocycles. The molecule has 6 nitrogen and oxygen atoms in total. The Morgan fingerprint density at radius 2 is 1.83 bits per heavy atom. The smallest absolute Gasteiger partial charge is 0.248 e. The molecule has 0 radical (unpaired) electrons. The van der Waals surface area contributed by atoms with E-state index in [9.17, 15) is 9.59 Å². The standard InChI is InChI=1S/C17H28N2O4/c1-3-15(20)19-14(16(21)18-8-10-22-11-9-18)12-23-17(19)6-4-13(2)5-7-17/h13-14H,3-12H2,1-2H3. The molecule has 3 aliphatic rings. The van der Waals surface area contributed by atoms with Gasteiger partial charge in [0.1, 0.15) is 11.8 Å². The van der Waals surface area contributed by atoms with Gasteiger partial charge >= 0.3 is 0 Å². The number of morpholine rings is 1. The van der Waals surface area contributed by atoms with Crippen molar-refractivity contribution in [2.45, 2.75) is 57.7 Å². The molecule has 1 saturated carbocycles. The second-order valence-corrected chi connectivity index (χ2v) is 7.01. The van der Waals surface area contributed by atoms with E-state index in [-0.39, 0.29) is 11.8 Å². The predicted octanol–water partition coefficient (Wildman–Crippen LogP) is 1.39. The molecule has 0 N–H and O–H groups in total. The molecule has 1 unspecified atom stereocenters. The van der Waals surface area contributed by atoms with Gasteiger partial charge in [-0.3, -0.25) is 14.5 Å². The molecule has 0 aromatic rings. The van der Waals surface area contributed by atoms with E-state index in [4.69, 9.17) is 9.47 Å². The number of amides is 2. The summed E-state index contributed by atoms with van der Waals surface area (Å²) in [6.07, 6.45) is 4.19. The molecule has 130 valence electrons. The Bertz CT molecular complexity index is 454. The highest BCUT2D eigenvalue weighted by molar-refractivity contribution is 5.88. The molecule has 1 spiro atoms. The lowest BCUT2D eigenvalue weighted by Crippen LogP contribution is -2.58. The van der Waals surface area contributed by atoms with E-state index >= 15 is 0 Å². The third-order valence-corrected chi connectivity index (χ3v) is 5.50. The molecule has 1 aliphatic carbocycles. The number of hydrogen-bond acceptors (Lipinski definition) is 4. The van der Waals surface area contributed by atoms with Crippen LogP contribution in [0, 0.1) is 5.92 Å². The minimum Gasteiger partial charge on any atom is -0.378 e. The summed E-state index contributed by atoms with van der Waals surface area (Å²) in [5.74, 6) is 0.714. The third-order valence-electron chi connectivity index (χ3n) is 5.50. The number of rotatable bonds is 2. The van der Waals surface area contributed by atoms with Gasteiger partial charge in [-0.2, -0.15) is 0 Å². The number of hydrogen-bond donors (Lipinski definition) is 0. The van der Waals surface area contributed by atoms with E-state index in [1.165, 1.54) is 0 Å². The summed E-state index contributed by atoms with van der Waals surface area (Å²) >= 11 is 0. The summed E-state index contributed by atoms with van der Waals surface area (Å²) in [6.45, 7) is 6.78. The maximum absolute atomic E-state index is 12.9. The highest BCUT2D eigenvalue weighted by Gasteiger charge is 2.53. The van der Waals surface area contributed by atoms with E-state index in [1.807, 2.05) is 11.8 Å². The van der Waals surface area contributed by atoms with Crippen LogP contribution >= 0.6 is 0 Å². The van der Waals surface area contributed by atoms with Crippen LogP contribution in [-0.4, -0.2) is 66.3 Å². The van der Waals surface area contributed by atoms with Crippen molar-refractivity contribution in [3.63, 3.8) is 0 Å². The summed E-state index contributed by atoms with van der Waals surface area (Å²) < 4.78 is 11.4. The van der Waals surface area contributed by atoms with Crippen molar-refractivity contribution >= 4 is 11.8 Å². The van der Waals surface area contributed by atoms with Gasteiger partial charge in [0.25, 0.3) is 0 Å². The van der Waals surface area contributed by atoms with E-state index in [2.05, 4.69) is 6.92 Å². The van der Waals surface area contributed by atoms with Gasteiger partial charge in [0.2, 0.25) is 11.8 Å². The fraction of sp³-hybridized carbons (Fsp3) is 0.882. The average Bonchev–Trinajstić information content (AvgIpc) is 2.96. The van der Waals surface area contributed by atoms with Crippen LogP contribution in [0.25, 0.3) is 0 Å². The van der Waals surface area contributed by atoms with Gasteiger partial charge in [-0.15, -0.1) is 0 Å². The highest BCUT2D eigenvalue weighted by atomic mass is 16.5. The lowest BCUT2D eigenvalue weighted by Gasteiger charge is -2.43. The van der Waals surface area contributed by atoms with Crippen molar-refractivity contribution in [3.05, 3.63) is 0 Å². The van der Waals surface area contributed by atoms with Gasteiger partial charge in [-0.05, 0) is 31.6 Å². The normalized spacial score (nSPS) is 34.9. The molecule has 3 rings (SSSR count). The zero-order valence-electron chi connectivity index (χ0n) is 14.3. The molecule has 2 amide bonds. The van der Waals surface area contributed by atoms with Crippen LogP contribution in [0.4, 0.5) is 0 Å². The van der Waals surface area contributed by atoms with Crippen molar-refractivity contribution in [1.82, 2.24) is 9.80 Å². The largest absolute Gasteiger partial charge is 0.378 e. The average molecular weight is 324 g/mol. The maximum atomic E-state index is 12.9. The molecule has 0 bridgehead atoms. The second kappa shape index (κ2) is 6.77. The number of carbonyl (C=O) groups excluding carboxylic acids is 2. The summed E-state index contributed by atoms with van der Waals surface area (Å²) in [5, 5.41) is 0. The van der Waals surface area contributed by atoms with Gasteiger partial charge in [0.15, 0.2) is 0 Å². The Kier molecular flexibility index (Phi) is 4.92. The van der Waals surface area contributed by atoms with Crippen molar-refractivity contribution in [2.75, 3.05) is 32.9 Å². The van der Waals surface area contributed by atoms with Crippen LogP contribution < -0.4 is 0 Å². The highest BCUT2D eigenvalue weighted by Crippen LogP contribution is 2.42. The Labute approximate surface area is 138 Å². The molecule has 23 heavy (non-hydrogen) atoms. The van der Waals surface area contributed by atoms with Crippen molar-refractivity contribution in [3.8, 4) is 0 Å². The van der Waals surface area contributed by atoms with Gasteiger partial charge in [0, 0.05) is 19.5 Å². The fourth-order valence-corrected chi connectivity index (χ4v) is 4.01. The molecule has 3 fully saturated rings. The topological polar surface area (TPSA) is 59.1 Å². The summed E-state index contributed by atoms with van der Waals surface area (Å²) in [4.78, 5) is 29.1. The lowest BCUT2D eigenvalue weighted by atomic mass is 9.83. The first-order chi connectivity index (χ1) is 11.1. The Balaban J connectivity index is 1.79. The Morgan fingerprint density at radius 3 is 2.43 bits per heavy atom.